The first-order valence-corrected chi connectivity index (χ1v) is 5.58. The molecule has 0 fully saturated rings. The van der Waals surface area contributed by atoms with Crippen molar-refractivity contribution in [3.05, 3.63) is 70.4 Å². The average Bonchev–Trinajstić information content (AvgIpc) is 2.53. The summed E-state index contributed by atoms with van der Waals surface area (Å²) >= 11 is 0. The zero-order chi connectivity index (χ0) is 14.5. The summed E-state index contributed by atoms with van der Waals surface area (Å²) in [5, 5.41) is 18.6. The van der Waals surface area contributed by atoms with Crippen LogP contribution in [0.25, 0.3) is 20.8 Å². The second-order valence-corrected chi connectivity index (χ2v) is 3.85. The highest BCUT2D eigenvalue weighted by Crippen LogP contribution is 2.39. The van der Waals surface area contributed by atoms with Crippen molar-refractivity contribution < 1.29 is 0 Å². The number of rotatable bonds is 1. The summed E-state index contributed by atoms with van der Waals surface area (Å²) in [7, 11) is 0. The van der Waals surface area contributed by atoms with Crippen LogP contribution in [0.5, 0.6) is 0 Å². The fraction of sp³-hybridized carbons (Fsp3) is 0. The summed E-state index contributed by atoms with van der Waals surface area (Å²) in [6.07, 6.45) is 0. The lowest BCUT2D eigenvalue weighted by Crippen LogP contribution is -1.91. The fourth-order valence-corrected chi connectivity index (χ4v) is 1.95. The molecule has 2 aromatic rings. The number of nitriles is 2. The Labute approximate surface area is 116 Å². The number of hydrogen-bond acceptors (Lipinski definition) is 2. The van der Waals surface area contributed by atoms with Crippen molar-refractivity contribution in [2.75, 3.05) is 0 Å². The zero-order valence-electron chi connectivity index (χ0n) is 10.3. The van der Waals surface area contributed by atoms with Crippen molar-refractivity contribution >= 4 is 11.4 Å². The Bertz CT molecular complexity index is 788. The summed E-state index contributed by atoms with van der Waals surface area (Å²) in [5.41, 5.74) is 1.46. The Morgan fingerprint density at radius 3 is 1.75 bits per heavy atom. The smallest absolute Gasteiger partial charge is 0.195 e. The molecule has 0 atom stereocenters. The third kappa shape index (κ3) is 1.95. The van der Waals surface area contributed by atoms with Gasteiger partial charge >= 0.3 is 0 Å². The van der Waals surface area contributed by atoms with Gasteiger partial charge in [0, 0.05) is 0 Å². The minimum atomic E-state index is 0.0938. The van der Waals surface area contributed by atoms with E-state index in [1.54, 1.807) is 24.3 Å². The van der Waals surface area contributed by atoms with Gasteiger partial charge in [0.15, 0.2) is 11.4 Å². The normalized spacial score (nSPS) is 8.80. The highest BCUT2D eigenvalue weighted by molar-refractivity contribution is 5.89. The summed E-state index contributed by atoms with van der Waals surface area (Å²) in [4.78, 5) is 6.57. The minimum absolute atomic E-state index is 0.0938. The molecule has 20 heavy (non-hydrogen) atoms. The van der Waals surface area contributed by atoms with Gasteiger partial charge in [0.05, 0.1) is 36.4 Å². The lowest BCUT2D eigenvalue weighted by molar-refractivity contribution is 1.45. The molecular formula is C16H6N4. The van der Waals surface area contributed by atoms with Gasteiger partial charge in [0.25, 0.3) is 0 Å². The third-order valence-electron chi connectivity index (χ3n) is 2.81. The molecule has 0 unspecified atom stereocenters. The number of hydrogen-bond donors (Lipinski definition) is 0. The van der Waals surface area contributed by atoms with Gasteiger partial charge in [-0.1, -0.05) is 30.3 Å². The molecule has 90 valence electrons. The van der Waals surface area contributed by atoms with Crippen molar-refractivity contribution in [1.29, 1.82) is 10.5 Å². The second kappa shape index (κ2) is 5.36. The second-order valence-electron chi connectivity index (χ2n) is 3.85. The maximum Gasteiger partial charge on any atom is 0.195 e. The van der Waals surface area contributed by atoms with E-state index in [0.717, 1.165) is 0 Å². The maximum absolute atomic E-state index is 9.30. The van der Waals surface area contributed by atoms with Crippen molar-refractivity contribution in [3.63, 3.8) is 0 Å². The Kier molecular flexibility index (Phi) is 3.45. The molecule has 0 aliphatic carbocycles. The molecule has 2 rings (SSSR count). The van der Waals surface area contributed by atoms with Gasteiger partial charge < -0.3 is 0 Å². The van der Waals surface area contributed by atoms with Crippen LogP contribution in [0, 0.1) is 35.8 Å². The molecule has 4 nitrogen and oxygen atoms in total. The Balaban J connectivity index is 2.99. The van der Waals surface area contributed by atoms with Crippen LogP contribution in [-0.4, -0.2) is 0 Å². The Hall–Kier alpha value is -3.60. The van der Waals surface area contributed by atoms with Crippen molar-refractivity contribution in [2.24, 2.45) is 0 Å². The predicted octanol–water partition coefficient (Wildman–Crippen LogP) is 4.20. The molecule has 0 amide bonds. The molecule has 0 N–H and O–H groups in total. The van der Waals surface area contributed by atoms with Crippen LogP contribution in [-0.2, 0) is 0 Å². The first-order valence-electron chi connectivity index (χ1n) is 5.58. The van der Waals surface area contributed by atoms with Crippen LogP contribution in [0.15, 0.2) is 36.4 Å². The first-order chi connectivity index (χ1) is 9.76. The van der Waals surface area contributed by atoms with Gasteiger partial charge in [0.1, 0.15) is 0 Å². The van der Waals surface area contributed by atoms with Crippen molar-refractivity contribution in [1.82, 2.24) is 0 Å². The van der Waals surface area contributed by atoms with E-state index in [4.69, 9.17) is 13.1 Å². The van der Waals surface area contributed by atoms with Crippen molar-refractivity contribution in [3.8, 4) is 23.3 Å². The molecule has 0 bridgehead atoms. The molecule has 2 aromatic carbocycles. The van der Waals surface area contributed by atoms with E-state index in [2.05, 4.69) is 9.69 Å². The van der Waals surface area contributed by atoms with Gasteiger partial charge in [-0.05, 0) is 17.2 Å². The van der Waals surface area contributed by atoms with E-state index in [-0.39, 0.29) is 22.5 Å². The standard InChI is InChI=1S/C16H6N4/c1-19-14-8-15(20-2)13(10-18)16(12(14)9-17)11-6-4-3-5-7-11/h3-8H. The summed E-state index contributed by atoms with van der Waals surface area (Å²) < 4.78 is 0. The molecule has 0 aromatic heterocycles. The summed E-state index contributed by atoms with van der Waals surface area (Å²) in [5.74, 6) is 0. The van der Waals surface area contributed by atoms with Gasteiger partial charge in [-0.2, -0.15) is 10.5 Å². The molecule has 4 heteroatoms. The minimum Gasteiger partial charge on any atom is -0.238 e. The quantitative estimate of drug-likeness (QED) is 0.716. The lowest BCUT2D eigenvalue weighted by atomic mass is 9.93. The molecule has 0 heterocycles. The number of benzene rings is 2. The number of nitrogens with zero attached hydrogens (tertiary/aromatic N) is 4. The van der Waals surface area contributed by atoms with Crippen LogP contribution in [0.2, 0.25) is 0 Å². The van der Waals surface area contributed by atoms with E-state index in [1.165, 1.54) is 6.07 Å². The fourth-order valence-electron chi connectivity index (χ4n) is 1.95. The van der Waals surface area contributed by atoms with Crippen LogP contribution >= 0.6 is 0 Å². The van der Waals surface area contributed by atoms with Crippen LogP contribution < -0.4 is 0 Å². The van der Waals surface area contributed by atoms with E-state index in [0.29, 0.717) is 11.1 Å². The van der Waals surface area contributed by atoms with E-state index in [9.17, 15) is 10.5 Å². The lowest BCUT2D eigenvalue weighted by Gasteiger charge is -2.10. The molecule has 0 radical (unpaired) electrons. The van der Waals surface area contributed by atoms with Gasteiger partial charge in [-0.15, -0.1) is 0 Å². The van der Waals surface area contributed by atoms with E-state index >= 15 is 0 Å². The highest BCUT2D eigenvalue weighted by Gasteiger charge is 2.19. The largest absolute Gasteiger partial charge is 0.238 e. The summed E-state index contributed by atoms with van der Waals surface area (Å²) in [6.45, 7) is 14.3. The Morgan fingerprint density at radius 1 is 0.850 bits per heavy atom. The molecule has 0 saturated heterocycles. The zero-order valence-corrected chi connectivity index (χ0v) is 10.3. The predicted molar refractivity (Wildman–Crippen MR) is 73.8 cm³/mol. The molecular weight excluding hydrogens is 248 g/mol. The van der Waals surface area contributed by atoms with Crippen LogP contribution in [0.4, 0.5) is 11.4 Å². The van der Waals surface area contributed by atoms with Gasteiger partial charge in [-0.25, -0.2) is 9.69 Å². The maximum atomic E-state index is 9.30. The molecule has 0 aliphatic rings. The molecule has 0 spiro atoms. The Morgan fingerprint density at radius 2 is 1.35 bits per heavy atom. The SMILES string of the molecule is [C-]#[N+]c1cc([N+]#[C-])c(C#N)c(-c2ccccc2)c1C#N. The van der Waals surface area contributed by atoms with Gasteiger partial charge in [0.2, 0.25) is 0 Å². The van der Waals surface area contributed by atoms with Crippen molar-refractivity contribution in [2.45, 2.75) is 0 Å². The van der Waals surface area contributed by atoms with E-state index in [1.807, 2.05) is 18.2 Å². The summed E-state index contributed by atoms with van der Waals surface area (Å²) in [6, 6.07) is 14.1. The average molecular weight is 254 g/mol. The van der Waals surface area contributed by atoms with Crippen LogP contribution in [0.1, 0.15) is 11.1 Å². The third-order valence-corrected chi connectivity index (χ3v) is 2.81. The molecule has 0 saturated carbocycles. The topological polar surface area (TPSA) is 56.3 Å². The van der Waals surface area contributed by atoms with Gasteiger partial charge in [-0.3, -0.25) is 0 Å². The first kappa shape index (κ1) is 12.8. The van der Waals surface area contributed by atoms with E-state index < -0.39 is 0 Å². The highest BCUT2D eigenvalue weighted by atomic mass is 14.7. The van der Waals surface area contributed by atoms with Crippen LogP contribution in [0.3, 0.4) is 0 Å². The molecule has 0 aliphatic heterocycles. The monoisotopic (exact) mass is 254 g/mol.